The van der Waals surface area contributed by atoms with E-state index in [1.165, 1.54) is 42.8 Å². The number of aliphatic hydroxyl groups excluding tert-OH is 4. The highest BCUT2D eigenvalue weighted by Gasteiger charge is 2.56. The number of carbonyl (C=O) groups is 1. The number of carbonyl (C=O) groups excluding carboxylic acids is 1. The van der Waals surface area contributed by atoms with Crippen LogP contribution in [0.4, 0.5) is 0 Å². The number of rotatable bonds is 15. The summed E-state index contributed by atoms with van der Waals surface area (Å²) in [4.78, 5) is 42.6. The van der Waals surface area contributed by atoms with Gasteiger partial charge < -0.3 is 65.1 Å². The lowest BCUT2D eigenvalue weighted by molar-refractivity contribution is -0.376. The number of aromatic amines is 1. The Morgan fingerprint density at radius 3 is 2.57 bits per heavy atom. The molecule has 6 aromatic rings. The van der Waals surface area contributed by atoms with Crippen LogP contribution in [0.2, 0.25) is 0 Å². The van der Waals surface area contributed by atoms with E-state index in [4.69, 9.17) is 18.9 Å². The summed E-state index contributed by atoms with van der Waals surface area (Å²) in [6.07, 6.45) is 8.84. The number of phenols is 2. The van der Waals surface area contributed by atoms with E-state index in [-0.39, 0.29) is 53.1 Å². The van der Waals surface area contributed by atoms with E-state index in [2.05, 4.69) is 27.8 Å². The zero-order chi connectivity index (χ0) is 48.2. The summed E-state index contributed by atoms with van der Waals surface area (Å²) >= 11 is 0. The Balaban J connectivity index is 1.08. The molecule has 10 rings (SSSR count). The van der Waals surface area contributed by atoms with Crippen LogP contribution in [0.3, 0.4) is 0 Å². The molecule has 1 spiro atoms. The van der Waals surface area contributed by atoms with Gasteiger partial charge in [0.2, 0.25) is 5.91 Å². The largest absolute Gasteiger partial charge is 0.508 e. The number of benzene rings is 3. The Hall–Kier alpha value is -5.76. The molecule has 0 radical (unpaired) electrons. The number of aryl methyl sites for hydroxylation is 1. The van der Waals surface area contributed by atoms with Crippen molar-refractivity contribution in [3.05, 3.63) is 106 Å². The van der Waals surface area contributed by atoms with Gasteiger partial charge in [-0.25, -0.2) is 9.78 Å². The number of aliphatic hydroxyl groups is 5. The van der Waals surface area contributed by atoms with Gasteiger partial charge in [0.25, 0.3) is 0 Å². The molecule has 1 amide bonds. The molecule has 10 N–H and O–H groups in total. The molecule has 4 aliphatic rings. The number of hydrogen-bond acceptors (Lipinski definition) is 14. The van der Waals surface area contributed by atoms with Gasteiger partial charge in [-0.3, -0.25) is 9.59 Å². The van der Waals surface area contributed by atoms with Crippen LogP contribution in [0.25, 0.3) is 38.3 Å². The van der Waals surface area contributed by atoms with Crippen LogP contribution < -0.4 is 20.8 Å². The third-order valence-corrected chi connectivity index (χ3v) is 15.1. The molecule has 2 aliphatic heterocycles. The van der Waals surface area contributed by atoms with Gasteiger partial charge in [-0.15, -0.1) is 0 Å². The summed E-state index contributed by atoms with van der Waals surface area (Å²) in [7, 11) is 0. The third-order valence-electron chi connectivity index (χ3n) is 15.1. The number of hydrogen-bond donors (Lipinski definition) is 10. The number of nitrogens with zero attached hydrogens (tertiary/aromatic N) is 1. The van der Waals surface area contributed by atoms with E-state index in [9.17, 15) is 45.3 Å². The molecule has 3 aromatic heterocycles. The van der Waals surface area contributed by atoms with Crippen molar-refractivity contribution in [3.63, 3.8) is 0 Å². The minimum absolute atomic E-state index is 0.0417. The summed E-state index contributed by atoms with van der Waals surface area (Å²) in [5, 5.41) is 85.5. The van der Waals surface area contributed by atoms with Gasteiger partial charge in [0, 0.05) is 85.3 Å². The topological polar surface area (TPSA) is 261 Å². The first kappa shape index (κ1) is 46.9. The van der Waals surface area contributed by atoms with E-state index >= 15 is 0 Å². The summed E-state index contributed by atoms with van der Waals surface area (Å²) in [5.41, 5.74) is -1.26. The predicted octanol–water partition coefficient (Wildman–Crippen LogP) is 4.23. The van der Waals surface area contributed by atoms with E-state index in [0.717, 1.165) is 36.6 Å². The highest BCUT2D eigenvalue weighted by Crippen LogP contribution is 2.51. The smallest absolute Gasteiger partial charge is 0.220 e. The van der Waals surface area contributed by atoms with Crippen molar-refractivity contribution in [2.45, 2.75) is 106 Å². The van der Waals surface area contributed by atoms with Crippen LogP contribution in [-0.2, 0) is 27.4 Å². The van der Waals surface area contributed by atoms with E-state index in [0.29, 0.717) is 76.0 Å². The van der Waals surface area contributed by atoms with Gasteiger partial charge >= 0.3 is 0 Å². The molecule has 9 unspecified atom stereocenters. The highest BCUT2D eigenvalue weighted by atomic mass is 17.2. The molecule has 366 valence electrons. The average molecular weight is 949 g/mol. The third kappa shape index (κ3) is 8.91. The number of fused-ring (bicyclic) bond motifs is 4. The molecule has 0 bridgehead atoms. The van der Waals surface area contributed by atoms with Crippen molar-refractivity contribution in [1.29, 1.82) is 0 Å². The lowest BCUT2D eigenvalue weighted by atomic mass is 9.66. The first-order chi connectivity index (χ1) is 33.2. The lowest BCUT2D eigenvalue weighted by Gasteiger charge is -2.51. The number of aromatic nitrogens is 2. The van der Waals surface area contributed by atoms with Gasteiger partial charge in [0.15, 0.2) is 16.8 Å². The Bertz CT molecular complexity index is 2930. The number of H-pyrrole nitrogens is 1. The molecule has 5 heterocycles. The van der Waals surface area contributed by atoms with Gasteiger partial charge in [0.1, 0.15) is 65.2 Å². The summed E-state index contributed by atoms with van der Waals surface area (Å²) < 4.78 is 15.9. The zero-order valence-electron chi connectivity index (χ0n) is 38.3. The maximum atomic E-state index is 13.9. The lowest BCUT2D eigenvalue weighted by Crippen LogP contribution is -2.62. The first-order valence-corrected chi connectivity index (χ1v) is 24.0. The molecule has 1 saturated carbocycles. The van der Waals surface area contributed by atoms with Crippen LogP contribution in [-0.4, -0.2) is 119 Å². The minimum Gasteiger partial charge on any atom is -0.508 e. The van der Waals surface area contributed by atoms with Gasteiger partial charge in [0.05, 0.1) is 17.5 Å². The average Bonchev–Trinajstić information content (AvgIpc) is 4.09. The van der Waals surface area contributed by atoms with Crippen LogP contribution in [0.15, 0.2) is 88.5 Å². The molecule has 17 heteroatoms. The van der Waals surface area contributed by atoms with E-state index in [1.54, 1.807) is 13.0 Å². The SMILES string of the molecule is Cc1cc(=O)c2cc3c(c(-n4cc5cc[nH]c5c4)c2o1)OC1(CC(C2CNC(=O)C2)C=CC1CNC1CCCCC1)C(OOCC(O)(Cc1ccc(O)c2ccc(O)cc12)C(O)C(O)C(O)CO)C3. The molecular weight excluding hydrogens is 889 g/mol. The maximum absolute atomic E-state index is 13.9. The number of aromatic hydroxyl groups is 2. The molecule has 2 fully saturated rings. The van der Waals surface area contributed by atoms with Crippen molar-refractivity contribution in [3.8, 4) is 22.9 Å². The highest BCUT2D eigenvalue weighted by molar-refractivity contribution is 5.93. The van der Waals surface area contributed by atoms with Crippen LogP contribution >= 0.6 is 0 Å². The Labute approximate surface area is 396 Å². The second kappa shape index (κ2) is 18.9. The first-order valence-electron chi connectivity index (χ1n) is 24.0. The monoisotopic (exact) mass is 948 g/mol. The molecular formula is C52H60N4O13. The number of nitrogens with one attached hydrogen (secondary N) is 3. The van der Waals surface area contributed by atoms with Crippen molar-refractivity contribution >= 4 is 38.6 Å². The normalized spacial score (nSPS) is 25.2. The van der Waals surface area contributed by atoms with Gasteiger partial charge in [-0.2, -0.15) is 0 Å². The summed E-state index contributed by atoms with van der Waals surface area (Å²) in [6, 6.07) is 12.6. The molecule has 9 atom stereocenters. The second-order valence-electron chi connectivity index (χ2n) is 19.7. The molecule has 17 nitrogen and oxygen atoms in total. The molecule has 3 aromatic carbocycles. The van der Waals surface area contributed by atoms with Crippen molar-refractivity contribution < 1.29 is 59.5 Å². The van der Waals surface area contributed by atoms with Crippen LogP contribution in [0.1, 0.15) is 61.8 Å². The van der Waals surface area contributed by atoms with E-state index < -0.39 is 55.3 Å². The minimum atomic E-state index is -2.43. The maximum Gasteiger partial charge on any atom is 0.220 e. The van der Waals surface area contributed by atoms with E-state index in [1.807, 2.05) is 29.2 Å². The quantitative estimate of drug-likeness (QED) is 0.0393. The zero-order valence-corrected chi connectivity index (χ0v) is 38.3. The van der Waals surface area contributed by atoms with Crippen LogP contribution in [0.5, 0.6) is 17.2 Å². The fourth-order valence-corrected chi connectivity index (χ4v) is 11.3. The van der Waals surface area contributed by atoms with Gasteiger partial charge in [-0.1, -0.05) is 37.5 Å². The molecule has 69 heavy (non-hydrogen) atoms. The number of ether oxygens (including phenoxy) is 1. The van der Waals surface area contributed by atoms with Crippen molar-refractivity contribution in [1.82, 2.24) is 20.2 Å². The summed E-state index contributed by atoms with van der Waals surface area (Å²) in [6.45, 7) is 0.965. The predicted molar refractivity (Wildman–Crippen MR) is 254 cm³/mol. The fraction of sp³-hybridized carbons (Fsp3) is 0.462. The Morgan fingerprint density at radius 2 is 1.80 bits per heavy atom. The number of amides is 1. The molecule has 2 aliphatic carbocycles. The number of phenolic OH excluding ortho intramolecular Hbond substituents is 2. The fourth-order valence-electron chi connectivity index (χ4n) is 11.3. The number of allylic oxidation sites excluding steroid dienone is 1. The van der Waals surface area contributed by atoms with Crippen molar-refractivity contribution in [2.75, 3.05) is 26.3 Å². The second-order valence-corrected chi connectivity index (χ2v) is 19.7. The molecule has 1 saturated heterocycles. The standard InChI is InChI=1S/C52H60N4O13/c1-28-15-42(60)39-16-32-17-44(69-66-27-51(65,50(64)47(63)43(61)26-57)20-30-8-12-41(59)37-11-10-36(58)19-38(30)37)52(68-48(32)46(49(39)67-28)56-24-31-13-14-53-40(31)25-56)21-29(33-18-45(62)55-22-33)7-9-34(52)23-54-35-5-3-2-4-6-35/h7-16,19,24-25,29,33-35,43-44,47,50,53-54,57-59,61,63-65H,2-6,17-18,20-23,26-27H2,1H3,(H,55,62). The van der Waals surface area contributed by atoms with Crippen LogP contribution in [0, 0.1) is 24.7 Å². The Kier molecular flexibility index (Phi) is 12.8. The Morgan fingerprint density at radius 1 is 0.971 bits per heavy atom. The van der Waals surface area contributed by atoms with Gasteiger partial charge in [-0.05, 0) is 85.4 Å². The summed E-state index contributed by atoms with van der Waals surface area (Å²) in [5.74, 6) is 0.0384. The van der Waals surface area contributed by atoms with Crippen molar-refractivity contribution in [2.24, 2.45) is 17.8 Å².